The van der Waals surface area contributed by atoms with Crippen molar-refractivity contribution in [1.29, 1.82) is 0 Å². The van der Waals surface area contributed by atoms with E-state index in [0.29, 0.717) is 37.2 Å². The van der Waals surface area contributed by atoms with Crippen molar-refractivity contribution in [1.82, 2.24) is 15.2 Å². The molecule has 38 heavy (non-hydrogen) atoms. The van der Waals surface area contributed by atoms with Crippen LogP contribution in [0.4, 0.5) is 5.69 Å². The van der Waals surface area contributed by atoms with E-state index < -0.39 is 22.2 Å². The molecule has 2 aliphatic rings. The maximum absolute atomic E-state index is 13.7. The molecule has 0 bridgehead atoms. The van der Waals surface area contributed by atoms with Gasteiger partial charge < -0.3 is 20.3 Å². The zero-order valence-corrected chi connectivity index (χ0v) is 23.2. The molecule has 0 unspecified atom stereocenters. The van der Waals surface area contributed by atoms with Crippen molar-refractivity contribution in [3.8, 4) is 0 Å². The van der Waals surface area contributed by atoms with Gasteiger partial charge in [-0.2, -0.15) is 0 Å². The van der Waals surface area contributed by atoms with Gasteiger partial charge in [0.05, 0.1) is 29.1 Å². The van der Waals surface area contributed by atoms with E-state index in [2.05, 4.69) is 22.1 Å². The molecule has 8 nitrogen and oxygen atoms in total. The molecule has 3 N–H and O–H groups in total. The van der Waals surface area contributed by atoms with Crippen LogP contribution < -0.4 is 14.9 Å². The van der Waals surface area contributed by atoms with Gasteiger partial charge in [-0.3, -0.25) is 9.10 Å². The molecule has 3 aromatic rings. The Morgan fingerprint density at radius 3 is 2.55 bits per heavy atom. The first-order chi connectivity index (χ1) is 18.2. The number of nitrogens with one attached hydrogen (secondary N) is 2. The van der Waals surface area contributed by atoms with Gasteiger partial charge in [0.1, 0.15) is 0 Å². The zero-order chi connectivity index (χ0) is 27.1. The van der Waals surface area contributed by atoms with Crippen molar-refractivity contribution in [3.63, 3.8) is 0 Å². The number of aliphatic hydroxyl groups is 1. The predicted molar refractivity (Wildman–Crippen MR) is 151 cm³/mol. The van der Waals surface area contributed by atoms with E-state index in [4.69, 9.17) is 0 Å². The van der Waals surface area contributed by atoms with Crippen LogP contribution in [0.25, 0.3) is 10.9 Å². The van der Waals surface area contributed by atoms with E-state index in [9.17, 15) is 18.3 Å². The summed E-state index contributed by atoms with van der Waals surface area (Å²) in [5.41, 5.74) is 3.84. The lowest BCUT2D eigenvalue weighted by molar-refractivity contribution is 0.0822. The van der Waals surface area contributed by atoms with Crippen LogP contribution in [-0.4, -0.2) is 61.0 Å². The molecule has 204 valence electrons. The van der Waals surface area contributed by atoms with Crippen molar-refractivity contribution in [2.45, 2.75) is 70.2 Å². The molecule has 5 rings (SSSR count). The molecule has 1 saturated carbocycles. The van der Waals surface area contributed by atoms with E-state index >= 15 is 0 Å². The number of β-amino-alcohol motifs (C(OH)–C–C–N with tert-alkyl or cyclic N) is 1. The summed E-state index contributed by atoms with van der Waals surface area (Å²) in [4.78, 5) is 13.7. The summed E-state index contributed by atoms with van der Waals surface area (Å²) in [6.45, 7) is 5.27. The Hall–Kier alpha value is -2.88. The SMILES string of the molecule is CCn1cc2c3c(cc(C(=O)N[C@@H](Cc4ccccc4)[C@H](O)CNC4(CC)CC4)cc31)N(C)S(=O)(=O)CC2. The second-order valence-electron chi connectivity index (χ2n) is 10.7. The maximum Gasteiger partial charge on any atom is 0.251 e. The Bertz CT molecular complexity index is 1430. The summed E-state index contributed by atoms with van der Waals surface area (Å²) in [6, 6.07) is 12.8. The number of nitrogens with zero attached hydrogens (tertiary/aromatic N) is 2. The van der Waals surface area contributed by atoms with E-state index in [1.165, 1.54) is 4.31 Å². The van der Waals surface area contributed by atoms with Crippen molar-refractivity contribution < 1.29 is 18.3 Å². The van der Waals surface area contributed by atoms with Crippen molar-refractivity contribution in [2.24, 2.45) is 0 Å². The summed E-state index contributed by atoms with van der Waals surface area (Å²) >= 11 is 0. The number of carbonyl (C=O) groups excluding carboxylic acids is 1. The molecule has 1 aliphatic heterocycles. The molecule has 2 heterocycles. The third-order valence-electron chi connectivity index (χ3n) is 8.32. The molecule has 1 amide bonds. The molecule has 9 heteroatoms. The van der Waals surface area contributed by atoms with Gasteiger partial charge in [0.25, 0.3) is 5.91 Å². The van der Waals surface area contributed by atoms with Crippen LogP contribution in [0.15, 0.2) is 48.7 Å². The predicted octanol–water partition coefficient (Wildman–Crippen LogP) is 3.22. The molecule has 2 aromatic carbocycles. The molecular weight excluding hydrogens is 500 g/mol. The highest BCUT2D eigenvalue weighted by Crippen LogP contribution is 2.38. The van der Waals surface area contributed by atoms with Crippen LogP contribution in [0.1, 0.15) is 54.6 Å². The van der Waals surface area contributed by atoms with Crippen LogP contribution in [0, 0.1) is 0 Å². The van der Waals surface area contributed by atoms with Crippen LogP contribution in [0.2, 0.25) is 0 Å². The average molecular weight is 539 g/mol. The van der Waals surface area contributed by atoms with Gasteiger partial charge >= 0.3 is 0 Å². The first-order valence-electron chi connectivity index (χ1n) is 13.6. The van der Waals surface area contributed by atoms with Gasteiger partial charge in [-0.15, -0.1) is 0 Å². The van der Waals surface area contributed by atoms with Crippen LogP contribution in [0.5, 0.6) is 0 Å². The van der Waals surface area contributed by atoms with Crippen LogP contribution in [0.3, 0.4) is 0 Å². The van der Waals surface area contributed by atoms with Gasteiger partial charge in [0.2, 0.25) is 10.0 Å². The fourth-order valence-corrected chi connectivity index (χ4v) is 6.71. The lowest BCUT2D eigenvalue weighted by Gasteiger charge is -2.27. The smallest absolute Gasteiger partial charge is 0.251 e. The normalized spacial score (nSPS) is 19.1. The minimum absolute atomic E-state index is 0.0279. The highest BCUT2D eigenvalue weighted by atomic mass is 32.2. The molecule has 2 atom stereocenters. The highest BCUT2D eigenvalue weighted by molar-refractivity contribution is 7.92. The Morgan fingerprint density at radius 2 is 1.89 bits per heavy atom. The van der Waals surface area contributed by atoms with Gasteiger partial charge in [0, 0.05) is 42.8 Å². The van der Waals surface area contributed by atoms with E-state index in [0.717, 1.165) is 41.3 Å². The standard InChI is InChI=1S/C29H38N4O4S/c1-4-29(12-13-29)30-18-26(34)23(15-20-9-7-6-8-10-20)31-28(35)22-16-24-27-21(11-14-38(36,37)32(24)3)19-33(5-2)25(27)17-22/h6-10,16-17,19,23,26,30,34H,4-5,11-15,18H2,1-3H3,(H,31,35)/t23-,26+/m0/s1. The Balaban J connectivity index is 1.46. The summed E-state index contributed by atoms with van der Waals surface area (Å²) in [5.74, 6) is -0.305. The maximum atomic E-state index is 13.7. The number of amides is 1. The first kappa shape index (κ1) is 26.7. The second-order valence-corrected chi connectivity index (χ2v) is 12.8. The number of sulfonamides is 1. The first-order valence-corrected chi connectivity index (χ1v) is 15.2. The minimum atomic E-state index is -3.49. The van der Waals surface area contributed by atoms with E-state index in [-0.39, 0.29) is 17.2 Å². The van der Waals surface area contributed by atoms with Gasteiger partial charge in [-0.1, -0.05) is 37.3 Å². The lowest BCUT2D eigenvalue weighted by atomic mass is 9.99. The number of aromatic nitrogens is 1. The van der Waals surface area contributed by atoms with E-state index in [1.54, 1.807) is 13.1 Å². The molecule has 0 saturated heterocycles. The molecule has 1 aliphatic carbocycles. The van der Waals surface area contributed by atoms with Gasteiger partial charge in [-0.05, 0) is 62.3 Å². The van der Waals surface area contributed by atoms with Crippen molar-refractivity contribution in [3.05, 3.63) is 65.4 Å². The number of hydrogen-bond donors (Lipinski definition) is 3. The number of aryl methyl sites for hydroxylation is 2. The van der Waals surface area contributed by atoms with Crippen LogP contribution in [-0.2, 0) is 29.4 Å². The summed E-state index contributed by atoms with van der Waals surface area (Å²) in [5, 5.41) is 18.7. The number of benzene rings is 2. The quantitative estimate of drug-likeness (QED) is 0.368. The van der Waals surface area contributed by atoms with Gasteiger partial charge in [0.15, 0.2) is 0 Å². The number of carbonyl (C=O) groups is 1. The fraction of sp³-hybridized carbons (Fsp3) is 0.483. The number of rotatable bonds is 10. The molecule has 1 fully saturated rings. The molecule has 0 spiro atoms. The third-order valence-corrected chi connectivity index (χ3v) is 10.1. The van der Waals surface area contributed by atoms with E-state index in [1.807, 2.05) is 49.5 Å². The Kier molecular flexibility index (Phi) is 7.28. The summed E-state index contributed by atoms with van der Waals surface area (Å²) in [6.07, 6.45) is 5.34. The molecular formula is C29H38N4O4S. The Morgan fingerprint density at radius 1 is 1.16 bits per heavy atom. The zero-order valence-electron chi connectivity index (χ0n) is 22.4. The topological polar surface area (TPSA) is 104 Å². The van der Waals surface area contributed by atoms with Gasteiger partial charge in [-0.25, -0.2) is 8.42 Å². The average Bonchev–Trinajstić information content (AvgIpc) is 3.63. The summed E-state index contributed by atoms with van der Waals surface area (Å²) in [7, 11) is -1.94. The lowest BCUT2D eigenvalue weighted by Crippen LogP contribution is -2.50. The monoisotopic (exact) mass is 538 g/mol. The molecule has 1 aromatic heterocycles. The number of aliphatic hydroxyl groups excluding tert-OH is 1. The van der Waals surface area contributed by atoms with Crippen LogP contribution >= 0.6 is 0 Å². The highest BCUT2D eigenvalue weighted by Gasteiger charge is 2.41. The molecule has 0 radical (unpaired) electrons. The second kappa shape index (κ2) is 10.4. The third kappa shape index (κ3) is 5.19. The summed E-state index contributed by atoms with van der Waals surface area (Å²) < 4.78 is 29.1. The van der Waals surface area contributed by atoms with Crippen molar-refractivity contribution >= 4 is 32.5 Å². The number of anilines is 1. The fourth-order valence-electron chi connectivity index (χ4n) is 5.52. The van der Waals surface area contributed by atoms with Crippen molar-refractivity contribution in [2.75, 3.05) is 23.7 Å². The minimum Gasteiger partial charge on any atom is -0.390 e. The Labute approximate surface area is 225 Å². The number of hydrogen-bond acceptors (Lipinski definition) is 5. The largest absolute Gasteiger partial charge is 0.390 e.